The highest BCUT2D eigenvalue weighted by Crippen LogP contribution is 2.16. The maximum Gasteiger partial charge on any atom is 0.319 e. The molecule has 0 radical (unpaired) electrons. The molecule has 7 heteroatoms. The van der Waals surface area contributed by atoms with Crippen LogP contribution in [-0.4, -0.2) is 31.4 Å². The van der Waals surface area contributed by atoms with Crippen LogP contribution < -0.4 is 21.3 Å². The Morgan fingerprint density at radius 3 is 2.37 bits per heavy atom. The SMILES string of the molecule is Cc1ccc(C)c(NC(=O)C[NH+](C)[C@H](C(=O)NC(N)=O)c2ccccc2)c1. The molecular formula is C20H25N4O3+. The molecule has 142 valence electrons. The van der Waals surface area contributed by atoms with Crippen LogP contribution in [0, 0.1) is 13.8 Å². The lowest BCUT2D eigenvalue weighted by Gasteiger charge is -2.23. The number of nitrogens with two attached hydrogens (primary N) is 1. The predicted octanol–water partition coefficient (Wildman–Crippen LogP) is 0.693. The summed E-state index contributed by atoms with van der Waals surface area (Å²) >= 11 is 0. The molecule has 0 aliphatic carbocycles. The van der Waals surface area contributed by atoms with Gasteiger partial charge in [0.1, 0.15) is 0 Å². The number of urea groups is 1. The molecule has 2 aromatic carbocycles. The average Bonchev–Trinajstić information content (AvgIpc) is 2.58. The number of imide groups is 1. The standard InChI is InChI=1S/C20H24N4O3/c1-13-9-10-14(2)16(11-13)22-17(25)12-24(3)18(19(26)23-20(21)27)15-7-5-4-6-8-15/h4-11,18H,12H2,1-3H3,(H,22,25)(H3,21,23,26,27)/p+1/t18-/m0/s1. The minimum absolute atomic E-state index is 0.0408. The minimum atomic E-state index is -0.923. The molecule has 0 heterocycles. The van der Waals surface area contributed by atoms with E-state index in [1.807, 2.05) is 38.1 Å². The molecule has 2 rings (SSSR count). The van der Waals surface area contributed by atoms with Crippen LogP contribution in [0.1, 0.15) is 22.7 Å². The van der Waals surface area contributed by atoms with E-state index in [9.17, 15) is 14.4 Å². The molecule has 2 atom stereocenters. The van der Waals surface area contributed by atoms with E-state index in [4.69, 9.17) is 5.73 Å². The lowest BCUT2D eigenvalue weighted by molar-refractivity contribution is -0.894. The molecular weight excluding hydrogens is 344 g/mol. The Morgan fingerprint density at radius 1 is 1.07 bits per heavy atom. The van der Waals surface area contributed by atoms with Gasteiger partial charge in [0.2, 0.25) is 0 Å². The zero-order chi connectivity index (χ0) is 20.0. The molecule has 0 spiro atoms. The number of likely N-dealkylation sites (N-methyl/N-ethyl adjacent to an activating group) is 1. The van der Waals surface area contributed by atoms with Gasteiger partial charge < -0.3 is 16.0 Å². The van der Waals surface area contributed by atoms with Crippen LogP contribution in [0.25, 0.3) is 0 Å². The van der Waals surface area contributed by atoms with Gasteiger partial charge in [-0.1, -0.05) is 42.5 Å². The molecule has 4 amide bonds. The van der Waals surface area contributed by atoms with Crippen molar-refractivity contribution < 1.29 is 19.3 Å². The highest BCUT2D eigenvalue weighted by atomic mass is 16.2. The van der Waals surface area contributed by atoms with Crippen LogP contribution in [0.4, 0.5) is 10.5 Å². The highest BCUT2D eigenvalue weighted by molar-refractivity contribution is 5.96. The second-order valence-electron chi connectivity index (χ2n) is 6.59. The Balaban J connectivity index is 2.16. The molecule has 27 heavy (non-hydrogen) atoms. The third-order valence-corrected chi connectivity index (χ3v) is 4.24. The summed E-state index contributed by atoms with van der Waals surface area (Å²) in [4.78, 5) is 36.7. The number of benzene rings is 2. The molecule has 1 unspecified atom stereocenters. The number of aryl methyl sites for hydroxylation is 2. The van der Waals surface area contributed by atoms with Crippen molar-refractivity contribution >= 4 is 23.5 Å². The van der Waals surface area contributed by atoms with E-state index in [1.54, 1.807) is 31.3 Å². The summed E-state index contributed by atoms with van der Waals surface area (Å²) in [6.07, 6.45) is 0. The molecule has 0 saturated heterocycles. The first-order chi connectivity index (χ1) is 12.8. The van der Waals surface area contributed by atoms with Gasteiger partial charge in [-0.3, -0.25) is 14.9 Å². The molecule has 0 fully saturated rings. The Hall–Kier alpha value is -3.19. The normalized spacial score (nSPS) is 12.7. The van der Waals surface area contributed by atoms with Gasteiger partial charge in [-0.05, 0) is 31.0 Å². The summed E-state index contributed by atoms with van der Waals surface area (Å²) in [5.74, 6) is -0.778. The van der Waals surface area contributed by atoms with Crippen LogP contribution >= 0.6 is 0 Å². The second-order valence-corrected chi connectivity index (χ2v) is 6.59. The number of carbonyl (C=O) groups excluding carboxylic acids is 3. The van der Waals surface area contributed by atoms with Gasteiger partial charge in [-0.15, -0.1) is 0 Å². The maximum atomic E-state index is 12.5. The summed E-state index contributed by atoms with van der Waals surface area (Å²) in [6, 6.07) is 13.1. The molecule has 0 saturated carbocycles. The smallest absolute Gasteiger partial charge is 0.319 e. The van der Waals surface area contributed by atoms with Gasteiger partial charge in [-0.2, -0.15) is 0 Å². The van der Waals surface area contributed by atoms with Crippen molar-refractivity contribution in [3.8, 4) is 0 Å². The number of primary amides is 1. The molecule has 7 nitrogen and oxygen atoms in total. The lowest BCUT2D eigenvalue weighted by Crippen LogP contribution is -3.11. The number of quaternary nitrogens is 1. The van der Waals surface area contributed by atoms with Crippen molar-refractivity contribution in [1.82, 2.24) is 5.32 Å². The first-order valence-electron chi connectivity index (χ1n) is 8.62. The topological polar surface area (TPSA) is 106 Å². The Kier molecular flexibility index (Phi) is 6.67. The van der Waals surface area contributed by atoms with Crippen LogP contribution in [0.5, 0.6) is 0 Å². The fourth-order valence-electron chi connectivity index (χ4n) is 2.92. The van der Waals surface area contributed by atoms with E-state index in [0.29, 0.717) is 10.5 Å². The largest absolute Gasteiger partial charge is 0.351 e. The van der Waals surface area contributed by atoms with E-state index in [-0.39, 0.29) is 12.5 Å². The lowest BCUT2D eigenvalue weighted by atomic mass is 10.0. The number of hydrogen-bond donors (Lipinski definition) is 4. The number of anilines is 1. The molecule has 0 aromatic heterocycles. The number of amides is 4. The quantitative estimate of drug-likeness (QED) is 0.602. The van der Waals surface area contributed by atoms with Gasteiger partial charge in [-0.25, -0.2) is 4.79 Å². The van der Waals surface area contributed by atoms with Crippen LogP contribution in [0.3, 0.4) is 0 Å². The van der Waals surface area contributed by atoms with Crippen molar-refractivity contribution in [3.63, 3.8) is 0 Å². The number of rotatable bonds is 6. The number of nitrogens with one attached hydrogen (secondary N) is 3. The monoisotopic (exact) mass is 369 g/mol. The summed E-state index contributed by atoms with van der Waals surface area (Å²) in [7, 11) is 1.72. The van der Waals surface area contributed by atoms with Crippen LogP contribution in [0.15, 0.2) is 48.5 Å². The van der Waals surface area contributed by atoms with E-state index in [1.165, 1.54) is 0 Å². The van der Waals surface area contributed by atoms with Gasteiger partial charge in [0.15, 0.2) is 12.6 Å². The predicted molar refractivity (Wildman–Crippen MR) is 103 cm³/mol. The third kappa shape index (κ3) is 5.65. The van der Waals surface area contributed by atoms with E-state index >= 15 is 0 Å². The van der Waals surface area contributed by atoms with Crippen molar-refractivity contribution in [2.75, 3.05) is 18.9 Å². The van der Waals surface area contributed by atoms with Crippen LogP contribution in [0.2, 0.25) is 0 Å². The summed E-state index contributed by atoms with van der Waals surface area (Å²) in [5, 5.41) is 4.99. The fraction of sp³-hybridized carbons (Fsp3) is 0.250. The molecule has 0 aliphatic heterocycles. The fourth-order valence-corrected chi connectivity index (χ4v) is 2.92. The zero-order valence-corrected chi connectivity index (χ0v) is 15.7. The molecule has 5 N–H and O–H groups in total. The first-order valence-corrected chi connectivity index (χ1v) is 8.62. The average molecular weight is 369 g/mol. The van der Waals surface area contributed by atoms with E-state index in [2.05, 4.69) is 10.6 Å². The van der Waals surface area contributed by atoms with Gasteiger partial charge in [0, 0.05) is 11.3 Å². The second kappa shape index (κ2) is 8.95. The van der Waals surface area contributed by atoms with E-state index in [0.717, 1.165) is 16.8 Å². The van der Waals surface area contributed by atoms with Crippen LogP contribution in [-0.2, 0) is 9.59 Å². The Bertz CT molecular complexity index is 836. The van der Waals surface area contributed by atoms with Crippen molar-refractivity contribution in [2.45, 2.75) is 19.9 Å². The molecule has 0 aliphatic rings. The molecule has 2 aromatic rings. The van der Waals surface area contributed by atoms with Crippen molar-refractivity contribution in [1.29, 1.82) is 0 Å². The number of hydrogen-bond acceptors (Lipinski definition) is 3. The van der Waals surface area contributed by atoms with Crippen molar-refractivity contribution in [2.24, 2.45) is 5.73 Å². The first kappa shape index (κ1) is 20.1. The van der Waals surface area contributed by atoms with Gasteiger partial charge in [0.25, 0.3) is 11.8 Å². The Labute approximate surface area is 158 Å². The maximum absolute atomic E-state index is 12.5. The highest BCUT2D eigenvalue weighted by Gasteiger charge is 2.31. The Morgan fingerprint density at radius 2 is 1.74 bits per heavy atom. The summed E-state index contributed by atoms with van der Waals surface area (Å²) in [5.41, 5.74) is 8.51. The van der Waals surface area contributed by atoms with E-state index < -0.39 is 18.0 Å². The van der Waals surface area contributed by atoms with Crippen molar-refractivity contribution in [3.05, 3.63) is 65.2 Å². The molecule has 0 bridgehead atoms. The number of carbonyl (C=O) groups is 3. The third-order valence-electron chi connectivity index (χ3n) is 4.24. The summed E-state index contributed by atoms with van der Waals surface area (Å²) < 4.78 is 0. The van der Waals surface area contributed by atoms with Gasteiger partial charge in [0.05, 0.1) is 7.05 Å². The zero-order valence-electron chi connectivity index (χ0n) is 15.7. The minimum Gasteiger partial charge on any atom is -0.351 e. The van der Waals surface area contributed by atoms with Gasteiger partial charge >= 0.3 is 6.03 Å². The summed E-state index contributed by atoms with van der Waals surface area (Å²) in [6.45, 7) is 3.91.